The molecular weight excluding hydrogens is 160 g/mol. The fraction of sp³-hybridized carbons (Fsp3) is 0.417. The molecule has 0 aliphatic rings. The topological polar surface area (TPSA) is 17.1 Å². The predicted molar refractivity (Wildman–Crippen MR) is 54.8 cm³/mol. The lowest BCUT2D eigenvalue weighted by Gasteiger charge is -2.10. The van der Waals surface area contributed by atoms with Gasteiger partial charge in [-0.3, -0.25) is 4.79 Å². The van der Waals surface area contributed by atoms with Gasteiger partial charge < -0.3 is 0 Å². The largest absolute Gasteiger partial charge is 0.294 e. The van der Waals surface area contributed by atoms with Crippen LogP contribution in [-0.4, -0.2) is 5.78 Å². The van der Waals surface area contributed by atoms with E-state index in [4.69, 9.17) is 0 Å². The van der Waals surface area contributed by atoms with Crippen LogP contribution in [0, 0.1) is 5.92 Å². The van der Waals surface area contributed by atoms with Crippen molar-refractivity contribution >= 4 is 5.78 Å². The molecule has 0 unspecified atom stereocenters. The first-order valence-corrected chi connectivity index (χ1v) is 4.88. The molecule has 0 bridgehead atoms. The summed E-state index contributed by atoms with van der Waals surface area (Å²) in [5, 5.41) is 0. The van der Waals surface area contributed by atoms with Crippen molar-refractivity contribution in [1.82, 2.24) is 0 Å². The molecule has 0 aliphatic heterocycles. The van der Waals surface area contributed by atoms with Gasteiger partial charge in [0.15, 0.2) is 5.78 Å². The van der Waals surface area contributed by atoms with Gasteiger partial charge in [0.2, 0.25) is 0 Å². The molecule has 0 radical (unpaired) electrons. The number of rotatable bonds is 4. The maximum atomic E-state index is 11.8. The zero-order valence-electron chi connectivity index (χ0n) is 8.29. The lowest BCUT2D eigenvalue weighted by Crippen LogP contribution is -2.12. The number of carbonyl (C=O) groups is 1. The van der Waals surface area contributed by atoms with Crippen LogP contribution in [0.25, 0.3) is 0 Å². The Morgan fingerprint density at radius 3 is 2.15 bits per heavy atom. The van der Waals surface area contributed by atoms with Crippen LogP contribution in [0.5, 0.6) is 0 Å². The zero-order chi connectivity index (χ0) is 9.68. The smallest absolute Gasteiger partial charge is 0.165 e. The molecule has 1 nitrogen and oxygen atoms in total. The van der Waals surface area contributed by atoms with E-state index in [1.54, 1.807) is 0 Å². The van der Waals surface area contributed by atoms with E-state index in [2.05, 4.69) is 13.8 Å². The fourth-order valence-corrected chi connectivity index (χ4v) is 1.50. The van der Waals surface area contributed by atoms with Crippen LogP contribution in [0.3, 0.4) is 0 Å². The minimum Gasteiger partial charge on any atom is -0.294 e. The van der Waals surface area contributed by atoms with Crippen LogP contribution < -0.4 is 0 Å². The van der Waals surface area contributed by atoms with Gasteiger partial charge in [0.25, 0.3) is 0 Å². The summed E-state index contributed by atoms with van der Waals surface area (Å²) in [5.41, 5.74) is 0.844. The number of carbonyl (C=O) groups excluding carboxylic acids is 1. The van der Waals surface area contributed by atoms with Crippen molar-refractivity contribution in [1.29, 1.82) is 0 Å². The van der Waals surface area contributed by atoms with Gasteiger partial charge in [-0.2, -0.15) is 0 Å². The molecular formula is C12H16O. The fourth-order valence-electron chi connectivity index (χ4n) is 1.50. The second-order valence-corrected chi connectivity index (χ2v) is 3.24. The molecule has 1 heteroatoms. The monoisotopic (exact) mass is 176 g/mol. The zero-order valence-corrected chi connectivity index (χ0v) is 8.29. The predicted octanol–water partition coefficient (Wildman–Crippen LogP) is 3.31. The second kappa shape index (κ2) is 4.80. The molecule has 13 heavy (non-hydrogen) atoms. The molecule has 0 saturated carbocycles. The Morgan fingerprint density at radius 2 is 1.69 bits per heavy atom. The summed E-state index contributed by atoms with van der Waals surface area (Å²) in [4.78, 5) is 11.8. The molecule has 0 saturated heterocycles. The Kier molecular flexibility index (Phi) is 3.69. The highest BCUT2D eigenvalue weighted by molar-refractivity contribution is 5.97. The van der Waals surface area contributed by atoms with Crippen molar-refractivity contribution in [3.63, 3.8) is 0 Å². The van der Waals surface area contributed by atoms with Gasteiger partial charge >= 0.3 is 0 Å². The Morgan fingerprint density at radius 1 is 1.15 bits per heavy atom. The average molecular weight is 176 g/mol. The van der Waals surface area contributed by atoms with Crippen molar-refractivity contribution in [2.75, 3.05) is 0 Å². The van der Waals surface area contributed by atoms with Crippen LogP contribution in [0.1, 0.15) is 37.0 Å². The first-order valence-electron chi connectivity index (χ1n) is 4.88. The summed E-state index contributed by atoms with van der Waals surface area (Å²) in [6.45, 7) is 4.13. The Hall–Kier alpha value is -1.11. The van der Waals surface area contributed by atoms with Gasteiger partial charge in [0.1, 0.15) is 0 Å². The molecule has 1 aromatic carbocycles. The van der Waals surface area contributed by atoms with Gasteiger partial charge in [0.05, 0.1) is 0 Å². The summed E-state index contributed by atoms with van der Waals surface area (Å²) in [7, 11) is 0. The van der Waals surface area contributed by atoms with Crippen LogP contribution in [0.15, 0.2) is 30.3 Å². The highest BCUT2D eigenvalue weighted by Crippen LogP contribution is 2.14. The van der Waals surface area contributed by atoms with E-state index in [0.717, 1.165) is 18.4 Å². The first kappa shape index (κ1) is 9.97. The minimum absolute atomic E-state index is 0.197. The average Bonchev–Trinajstić information content (AvgIpc) is 2.21. The lowest BCUT2D eigenvalue weighted by atomic mass is 9.93. The van der Waals surface area contributed by atoms with E-state index in [1.807, 2.05) is 30.3 Å². The third-order valence-electron chi connectivity index (χ3n) is 2.41. The standard InChI is InChI=1S/C12H16O/c1-3-10(4-2)12(13)11-8-6-5-7-9-11/h5-10H,3-4H2,1-2H3. The molecule has 0 heterocycles. The maximum absolute atomic E-state index is 11.8. The van der Waals surface area contributed by atoms with Crippen LogP contribution in [0.4, 0.5) is 0 Å². The molecule has 0 amide bonds. The Bertz CT molecular complexity index is 260. The van der Waals surface area contributed by atoms with Gasteiger partial charge in [-0.15, -0.1) is 0 Å². The highest BCUT2D eigenvalue weighted by Gasteiger charge is 2.15. The van der Waals surface area contributed by atoms with E-state index < -0.39 is 0 Å². The van der Waals surface area contributed by atoms with E-state index in [-0.39, 0.29) is 11.7 Å². The van der Waals surface area contributed by atoms with Crippen molar-refractivity contribution in [2.45, 2.75) is 26.7 Å². The van der Waals surface area contributed by atoms with Crippen molar-refractivity contribution in [2.24, 2.45) is 5.92 Å². The molecule has 0 fully saturated rings. The molecule has 70 valence electrons. The van der Waals surface area contributed by atoms with E-state index in [0.29, 0.717) is 0 Å². The summed E-state index contributed by atoms with van der Waals surface area (Å²) >= 11 is 0. The van der Waals surface area contributed by atoms with E-state index >= 15 is 0 Å². The van der Waals surface area contributed by atoms with Crippen LogP contribution in [-0.2, 0) is 0 Å². The molecule has 0 aromatic heterocycles. The second-order valence-electron chi connectivity index (χ2n) is 3.24. The molecule has 0 spiro atoms. The normalized spacial score (nSPS) is 10.4. The lowest BCUT2D eigenvalue weighted by molar-refractivity contribution is 0.0913. The summed E-state index contributed by atoms with van der Waals surface area (Å²) in [6.07, 6.45) is 1.87. The van der Waals surface area contributed by atoms with Gasteiger partial charge in [-0.25, -0.2) is 0 Å². The molecule has 1 rings (SSSR count). The Labute approximate surface area is 79.8 Å². The number of hydrogen-bond donors (Lipinski definition) is 0. The van der Waals surface area contributed by atoms with Crippen molar-refractivity contribution in [3.05, 3.63) is 35.9 Å². The van der Waals surface area contributed by atoms with Gasteiger partial charge in [0, 0.05) is 11.5 Å². The number of hydrogen-bond acceptors (Lipinski definition) is 1. The molecule has 0 aliphatic carbocycles. The van der Waals surface area contributed by atoms with E-state index in [9.17, 15) is 4.79 Å². The third kappa shape index (κ3) is 2.41. The van der Waals surface area contributed by atoms with Gasteiger partial charge in [-0.1, -0.05) is 44.2 Å². The SMILES string of the molecule is CCC(CC)C(=O)c1ccccc1. The quantitative estimate of drug-likeness (QED) is 0.643. The minimum atomic E-state index is 0.197. The molecule has 0 N–H and O–H groups in total. The summed E-state index contributed by atoms with van der Waals surface area (Å²) < 4.78 is 0. The van der Waals surface area contributed by atoms with Crippen molar-refractivity contribution in [3.8, 4) is 0 Å². The molecule has 0 atom stereocenters. The van der Waals surface area contributed by atoms with Crippen LogP contribution in [0.2, 0.25) is 0 Å². The third-order valence-corrected chi connectivity index (χ3v) is 2.41. The highest BCUT2D eigenvalue weighted by atomic mass is 16.1. The first-order chi connectivity index (χ1) is 6.29. The van der Waals surface area contributed by atoms with Crippen molar-refractivity contribution < 1.29 is 4.79 Å². The maximum Gasteiger partial charge on any atom is 0.165 e. The van der Waals surface area contributed by atoms with Gasteiger partial charge in [-0.05, 0) is 12.8 Å². The number of Topliss-reactive ketones (excluding diaryl/α,β-unsaturated/α-hetero) is 1. The number of benzene rings is 1. The Balaban J connectivity index is 2.78. The van der Waals surface area contributed by atoms with Crippen LogP contribution >= 0.6 is 0 Å². The molecule has 1 aromatic rings. The summed E-state index contributed by atoms with van der Waals surface area (Å²) in [6, 6.07) is 9.54. The number of ketones is 1. The summed E-state index contributed by atoms with van der Waals surface area (Å²) in [5.74, 6) is 0.480. The van der Waals surface area contributed by atoms with E-state index in [1.165, 1.54) is 0 Å².